The van der Waals surface area contributed by atoms with Crippen molar-refractivity contribution in [3.63, 3.8) is 0 Å². The summed E-state index contributed by atoms with van der Waals surface area (Å²) in [6.45, 7) is 5.44. The maximum absolute atomic E-state index is 12.9. The molecule has 0 spiro atoms. The molecule has 1 heterocycles. The molecule has 148 valence electrons. The van der Waals surface area contributed by atoms with E-state index < -0.39 is 6.04 Å². The van der Waals surface area contributed by atoms with Crippen LogP contribution in [0.1, 0.15) is 42.0 Å². The first-order valence-electron chi connectivity index (χ1n) is 9.88. The number of nitrogens with one attached hydrogen (secondary N) is 1. The summed E-state index contributed by atoms with van der Waals surface area (Å²) in [4.78, 5) is 27.1. The van der Waals surface area contributed by atoms with Crippen LogP contribution in [0.5, 0.6) is 5.75 Å². The van der Waals surface area contributed by atoms with Crippen LogP contribution in [0, 0.1) is 13.8 Å². The Bertz CT molecular complexity index is 800. The van der Waals surface area contributed by atoms with Gasteiger partial charge in [-0.3, -0.25) is 9.59 Å². The molecule has 5 nitrogen and oxygen atoms in total. The molecule has 0 aliphatic carbocycles. The molecular formula is C23H28N2O3. The summed E-state index contributed by atoms with van der Waals surface area (Å²) in [6, 6.07) is 15.0. The average Bonchev–Trinajstić information content (AvgIpc) is 2.67. The minimum absolute atomic E-state index is 0.0433. The second-order valence-electron chi connectivity index (χ2n) is 7.32. The highest BCUT2D eigenvalue weighted by Gasteiger charge is 2.32. The van der Waals surface area contributed by atoms with Crippen LogP contribution in [-0.4, -0.2) is 36.4 Å². The maximum atomic E-state index is 12.9. The number of likely N-dealkylation sites (tertiary alicyclic amines) is 1. The van der Waals surface area contributed by atoms with Gasteiger partial charge in [0, 0.05) is 13.0 Å². The third kappa shape index (κ3) is 5.12. The Morgan fingerprint density at radius 1 is 1.11 bits per heavy atom. The molecule has 5 heteroatoms. The quantitative estimate of drug-likeness (QED) is 0.748. The molecule has 0 radical (unpaired) electrons. The standard InChI is InChI=1S/C23H28N2O3/c1-17-14-18(2)16-20(15-17)28-13-11-24-23(27)22(19-8-4-3-5-9-19)25-12-7-6-10-21(25)26/h3-5,8-9,14-16,22H,6-7,10-13H2,1-2H3,(H,24,27). The molecule has 2 aromatic rings. The molecule has 3 rings (SSSR count). The van der Waals surface area contributed by atoms with Crippen LogP contribution in [-0.2, 0) is 9.59 Å². The normalized spacial score (nSPS) is 15.2. The molecule has 2 aromatic carbocycles. The monoisotopic (exact) mass is 380 g/mol. The number of aryl methyl sites for hydroxylation is 2. The molecule has 1 aliphatic heterocycles. The van der Waals surface area contributed by atoms with E-state index in [1.54, 1.807) is 4.90 Å². The molecule has 28 heavy (non-hydrogen) atoms. The van der Waals surface area contributed by atoms with Crippen molar-refractivity contribution in [3.05, 3.63) is 65.2 Å². The van der Waals surface area contributed by atoms with Crippen molar-refractivity contribution in [1.82, 2.24) is 10.2 Å². The van der Waals surface area contributed by atoms with Crippen molar-refractivity contribution < 1.29 is 14.3 Å². The van der Waals surface area contributed by atoms with Crippen molar-refractivity contribution in [2.24, 2.45) is 0 Å². The fraction of sp³-hybridized carbons (Fsp3) is 0.391. The van der Waals surface area contributed by atoms with Crippen molar-refractivity contribution in [2.45, 2.75) is 39.2 Å². The average molecular weight is 380 g/mol. The minimum Gasteiger partial charge on any atom is -0.492 e. The maximum Gasteiger partial charge on any atom is 0.247 e. The first-order chi connectivity index (χ1) is 13.5. The van der Waals surface area contributed by atoms with Crippen LogP contribution < -0.4 is 10.1 Å². The van der Waals surface area contributed by atoms with Crippen LogP contribution in [0.3, 0.4) is 0 Å². The Balaban J connectivity index is 1.62. The van der Waals surface area contributed by atoms with Crippen molar-refractivity contribution in [3.8, 4) is 5.75 Å². The number of benzene rings is 2. The van der Waals surface area contributed by atoms with Crippen molar-refractivity contribution >= 4 is 11.8 Å². The molecule has 1 fully saturated rings. The summed E-state index contributed by atoms with van der Waals surface area (Å²) in [7, 11) is 0. The summed E-state index contributed by atoms with van der Waals surface area (Å²) in [5.74, 6) is 0.685. The lowest BCUT2D eigenvalue weighted by atomic mass is 10.0. The van der Waals surface area contributed by atoms with Crippen LogP contribution >= 0.6 is 0 Å². The number of carbonyl (C=O) groups is 2. The lowest BCUT2D eigenvalue weighted by Gasteiger charge is -2.34. The lowest BCUT2D eigenvalue weighted by Crippen LogP contribution is -2.46. The minimum atomic E-state index is -0.588. The molecule has 0 aromatic heterocycles. The number of amides is 2. The highest BCUT2D eigenvalue weighted by Crippen LogP contribution is 2.25. The highest BCUT2D eigenvalue weighted by atomic mass is 16.5. The van der Waals surface area contributed by atoms with Crippen molar-refractivity contribution in [2.75, 3.05) is 19.7 Å². The molecule has 1 aliphatic rings. The number of ether oxygens (including phenoxy) is 1. The number of hydrogen-bond donors (Lipinski definition) is 1. The fourth-order valence-corrected chi connectivity index (χ4v) is 3.66. The Morgan fingerprint density at radius 3 is 2.50 bits per heavy atom. The molecule has 1 saturated heterocycles. The third-order valence-corrected chi connectivity index (χ3v) is 4.90. The van der Waals surface area contributed by atoms with E-state index >= 15 is 0 Å². The predicted octanol–water partition coefficient (Wildman–Crippen LogP) is 3.55. The summed E-state index contributed by atoms with van der Waals surface area (Å²) in [6.07, 6.45) is 2.33. The molecule has 1 atom stereocenters. The number of nitrogens with zero attached hydrogens (tertiary/aromatic N) is 1. The Labute approximate surface area is 166 Å². The largest absolute Gasteiger partial charge is 0.492 e. The topological polar surface area (TPSA) is 58.6 Å². The number of carbonyl (C=O) groups excluding carboxylic acids is 2. The van der Waals surface area contributed by atoms with Gasteiger partial charge < -0.3 is 15.0 Å². The molecule has 1 N–H and O–H groups in total. The summed E-state index contributed by atoms with van der Waals surface area (Å²) in [5.41, 5.74) is 3.13. The summed E-state index contributed by atoms with van der Waals surface area (Å²) >= 11 is 0. The second-order valence-corrected chi connectivity index (χ2v) is 7.32. The van der Waals surface area contributed by atoms with Crippen LogP contribution in [0.25, 0.3) is 0 Å². The van der Waals surface area contributed by atoms with Gasteiger partial charge in [0.25, 0.3) is 0 Å². The SMILES string of the molecule is Cc1cc(C)cc(OCCNC(=O)C(c2ccccc2)N2CCCCC2=O)c1. The van der Waals surface area contributed by atoms with E-state index in [4.69, 9.17) is 4.74 Å². The molecule has 0 bridgehead atoms. The van der Waals surface area contributed by atoms with E-state index in [0.717, 1.165) is 35.3 Å². The van der Waals surface area contributed by atoms with Crippen molar-refractivity contribution in [1.29, 1.82) is 0 Å². The summed E-state index contributed by atoms with van der Waals surface area (Å²) < 4.78 is 5.77. The molecule has 1 unspecified atom stereocenters. The molecule has 0 saturated carbocycles. The first kappa shape index (κ1) is 19.9. The van der Waals surface area contributed by atoms with E-state index in [9.17, 15) is 9.59 Å². The van der Waals surface area contributed by atoms with Gasteiger partial charge in [-0.15, -0.1) is 0 Å². The predicted molar refractivity (Wildman–Crippen MR) is 109 cm³/mol. The molecule has 2 amide bonds. The van der Waals surface area contributed by atoms with Gasteiger partial charge >= 0.3 is 0 Å². The Kier molecular flexibility index (Phi) is 6.69. The lowest BCUT2D eigenvalue weighted by molar-refractivity contribution is -0.142. The number of piperidine rings is 1. The zero-order valence-corrected chi connectivity index (χ0v) is 16.6. The third-order valence-electron chi connectivity index (χ3n) is 4.90. The second kappa shape index (κ2) is 9.40. The van der Waals surface area contributed by atoms with E-state index in [-0.39, 0.29) is 11.8 Å². The van der Waals surface area contributed by atoms with Gasteiger partial charge in [-0.05, 0) is 55.5 Å². The fourth-order valence-electron chi connectivity index (χ4n) is 3.66. The van der Waals surface area contributed by atoms with Gasteiger partial charge in [-0.25, -0.2) is 0 Å². The number of hydrogen-bond acceptors (Lipinski definition) is 3. The zero-order chi connectivity index (χ0) is 19.9. The van der Waals surface area contributed by atoms with Gasteiger partial charge in [0.2, 0.25) is 11.8 Å². The first-order valence-corrected chi connectivity index (χ1v) is 9.88. The van der Waals surface area contributed by atoms with E-state index in [1.807, 2.05) is 56.3 Å². The Hall–Kier alpha value is -2.82. The van der Waals surface area contributed by atoms with E-state index in [1.165, 1.54) is 0 Å². The number of rotatable bonds is 7. The van der Waals surface area contributed by atoms with Gasteiger partial charge in [-0.1, -0.05) is 36.4 Å². The van der Waals surface area contributed by atoms with Crippen LogP contribution in [0.4, 0.5) is 0 Å². The smallest absolute Gasteiger partial charge is 0.247 e. The van der Waals surface area contributed by atoms with Gasteiger partial charge in [-0.2, -0.15) is 0 Å². The summed E-state index contributed by atoms with van der Waals surface area (Å²) in [5, 5.41) is 2.94. The molecular weight excluding hydrogens is 352 g/mol. The highest BCUT2D eigenvalue weighted by molar-refractivity contribution is 5.89. The van der Waals surface area contributed by atoms with E-state index in [2.05, 4.69) is 11.4 Å². The Morgan fingerprint density at radius 2 is 1.82 bits per heavy atom. The van der Waals surface area contributed by atoms with E-state index in [0.29, 0.717) is 26.1 Å². The van der Waals surface area contributed by atoms with Crippen LogP contribution in [0.15, 0.2) is 48.5 Å². The van der Waals surface area contributed by atoms with Gasteiger partial charge in [0.1, 0.15) is 18.4 Å². The van der Waals surface area contributed by atoms with Crippen LogP contribution in [0.2, 0.25) is 0 Å². The van der Waals surface area contributed by atoms with Gasteiger partial charge in [0.15, 0.2) is 0 Å². The zero-order valence-electron chi connectivity index (χ0n) is 16.6. The van der Waals surface area contributed by atoms with Gasteiger partial charge in [0.05, 0.1) is 6.54 Å².